The topological polar surface area (TPSA) is 32.8 Å². The van der Waals surface area contributed by atoms with E-state index in [1.807, 2.05) is 18.9 Å². The Morgan fingerprint density at radius 3 is 2.70 bits per heavy atom. The van der Waals surface area contributed by atoms with E-state index in [1.54, 1.807) is 0 Å². The lowest BCUT2D eigenvalue weighted by molar-refractivity contribution is -0.121. The Morgan fingerprint density at radius 2 is 1.96 bits per heavy atom. The van der Waals surface area contributed by atoms with E-state index in [1.165, 1.54) is 24.1 Å². The lowest BCUT2D eigenvalue weighted by Gasteiger charge is -2.53. The van der Waals surface area contributed by atoms with Crippen LogP contribution in [0, 0.1) is 11.3 Å². The van der Waals surface area contributed by atoms with Crippen molar-refractivity contribution in [1.82, 2.24) is 0 Å². The molecule has 0 bridgehead atoms. The highest BCUT2D eigenvalue weighted by Gasteiger charge is 2.44. The van der Waals surface area contributed by atoms with Crippen LogP contribution in [0.3, 0.4) is 0 Å². The number of hydrogen-bond acceptors (Lipinski definition) is 3. The number of hydrogen-bond donors (Lipinski definition) is 0. The number of carbonyl (C=O) groups excluding carboxylic acids is 1. The van der Waals surface area contributed by atoms with Crippen molar-refractivity contribution in [3.05, 3.63) is 23.8 Å². The van der Waals surface area contributed by atoms with Crippen LogP contribution in [-0.2, 0) is 16.0 Å². The van der Waals surface area contributed by atoms with Crippen LogP contribution < -0.4 is 9.80 Å². The maximum absolute atomic E-state index is 12.4. The normalized spacial score (nSPS) is 26.7. The number of carbonyl (C=O) groups is 1. The van der Waals surface area contributed by atoms with Gasteiger partial charge in [0.25, 0.3) is 0 Å². The average Bonchev–Trinajstić information content (AvgIpc) is 2.66. The molecular weight excluding hydrogens is 288 g/mol. The highest BCUT2D eigenvalue weighted by atomic mass is 16.5. The van der Waals surface area contributed by atoms with Crippen molar-refractivity contribution in [1.29, 1.82) is 0 Å². The molecule has 1 amide bonds. The van der Waals surface area contributed by atoms with E-state index < -0.39 is 0 Å². The number of anilines is 2. The Kier molecular flexibility index (Phi) is 3.60. The maximum Gasteiger partial charge on any atom is 0.229 e. The van der Waals surface area contributed by atoms with E-state index in [0.717, 1.165) is 44.8 Å². The molecule has 23 heavy (non-hydrogen) atoms. The van der Waals surface area contributed by atoms with Crippen molar-refractivity contribution >= 4 is 17.3 Å². The number of fused-ring (bicyclic) bond motifs is 1. The van der Waals surface area contributed by atoms with Gasteiger partial charge in [0.2, 0.25) is 5.91 Å². The number of ether oxygens (including phenoxy) is 1. The van der Waals surface area contributed by atoms with E-state index in [9.17, 15) is 4.79 Å². The minimum absolute atomic E-state index is 0.116. The summed E-state index contributed by atoms with van der Waals surface area (Å²) in [6.07, 6.45) is 4.31. The van der Waals surface area contributed by atoms with Crippen molar-refractivity contribution in [2.45, 2.75) is 32.6 Å². The molecule has 0 aliphatic carbocycles. The molecule has 4 nitrogen and oxygen atoms in total. The molecule has 0 aromatic heterocycles. The highest BCUT2D eigenvalue weighted by Crippen LogP contribution is 2.43. The number of benzene rings is 1. The molecule has 3 heterocycles. The van der Waals surface area contributed by atoms with Crippen LogP contribution >= 0.6 is 0 Å². The molecule has 3 aliphatic heterocycles. The second-order valence-electron chi connectivity index (χ2n) is 7.62. The van der Waals surface area contributed by atoms with Crippen molar-refractivity contribution in [2.75, 3.05) is 43.2 Å². The van der Waals surface area contributed by atoms with Gasteiger partial charge in [0.05, 0.1) is 0 Å². The van der Waals surface area contributed by atoms with Crippen LogP contribution in [0.5, 0.6) is 0 Å². The summed E-state index contributed by atoms with van der Waals surface area (Å²) in [5.74, 6) is 0.357. The Bertz CT molecular complexity index is 614. The quantitative estimate of drug-likeness (QED) is 0.799. The Morgan fingerprint density at radius 1 is 1.22 bits per heavy atom. The van der Waals surface area contributed by atoms with Gasteiger partial charge >= 0.3 is 0 Å². The number of nitrogens with zero attached hydrogens (tertiary/aromatic N) is 2. The van der Waals surface area contributed by atoms with E-state index in [-0.39, 0.29) is 11.8 Å². The third-order valence-corrected chi connectivity index (χ3v) is 6.00. The predicted molar refractivity (Wildman–Crippen MR) is 92.0 cm³/mol. The molecule has 1 aromatic carbocycles. The summed E-state index contributed by atoms with van der Waals surface area (Å²) in [5, 5.41) is 0. The third-order valence-electron chi connectivity index (χ3n) is 6.00. The largest absolute Gasteiger partial charge is 0.381 e. The molecule has 2 fully saturated rings. The number of amides is 1. The van der Waals surface area contributed by atoms with Gasteiger partial charge in [-0.05, 0) is 43.4 Å². The molecule has 4 heteroatoms. The van der Waals surface area contributed by atoms with Gasteiger partial charge in [0.15, 0.2) is 0 Å². The maximum atomic E-state index is 12.4. The summed E-state index contributed by atoms with van der Waals surface area (Å²) in [6, 6.07) is 6.68. The third kappa shape index (κ3) is 2.53. The van der Waals surface area contributed by atoms with Gasteiger partial charge in [-0.25, -0.2) is 0 Å². The lowest BCUT2D eigenvalue weighted by atomic mass is 9.73. The van der Waals surface area contributed by atoms with E-state index in [2.05, 4.69) is 23.1 Å². The van der Waals surface area contributed by atoms with Crippen LogP contribution in [-0.4, -0.2) is 39.3 Å². The van der Waals surface area contributed by atoms with E-state index in [4.69, 9.17) is 4.74 Å². The molecular formula is C19H26N2O2. The van der Waals surface area contributed by atoms with Gasteiger partial charge in [-0.1, -0.05) is 13.0 Å². The smallest absolute Gasteiger partial charge is 0.229 e. The Balaban J connectivity index is 1.55. The first-order valence-corrected chi connectivity index (χ1v) is 8.81. The zero-order valence-corrected chi connectivity index (χ0v) is 14.2. The summed E-state index contributed by atoms with van der Waals surface area (Å²) >= 11 is 0. The van der Waals surface area contributed by atoms with Gasteiger partial charge in [-0.15, -0.1) is 0 Å². The SMILES string of the molecule is CC1CCc2ccc(N3CC4(CCOCC4)C3)cc2N(C)C1=O. The fourth-order valence-corrected chi connectivity index (χ4v) is 4.28. The zero-order chi connectivity index (χ0) is 16.0. The lowest BCUT2D eigenvalue weighted by Crippen LogP contribution is -2.58. The standard InChI is InChI=1S/C19H26N2O2/c1-14-3-4-15-5-6-16(11-17(15)20(2)18(14)22)21-12-19(13-21)7-9-23-10-8-19/h5-6,11,14H,3-4,7-10,12-13H2,1-2H3. The van der Waals surface area contributed by atoms with Crippen molar-refractivity contribution < 1.29 is 9.53 Å². The van der Waals surface area contributed by atoms with Gasteiger partial charge in [0, 0.05) is 56.1 Å². The molecule has 1 spiro atoms. The number of rotatable bonds is 1. The second-order valence-corrected chi connectivity index (χ2v) is 7.62. The Hall–Kier alpha value is -1.55. The molecule has 2 saturated heterocycles. The molecule has 0 saturated carbocycles. The molecule has 1 aromatic rings. The van der Waals surface area contributed by atoms with Crippen LogP contribution in [0.1, 0.15) is 31.7 Å². The Labute approximate surface area is 138 Å². The zero-order valence-electron chi connectivity index (χ0n) is 14.2. The van der Waals surface area contributed by atoms with Crippen molar-refractivity contribution in [3.8, 4) is 0 Å². The summed E-state index contributed by atoms with van der Waals surface area (Å²) in [5.41, 5.74) is 4.14. The van der Waals surface area contributed by atoms with Crippen LogP contribution in [0.2, 0.25) is 0 Å². The van der Waals surface area contributed by atoms with Gasteiger partial charge in [-0.3, -0.25) is 4.79 Å². The van der Waals surface area contributed by atoms with Crippen molar-refractivity contribution in [2.24, 2.45) is 11.3 Å². The summed E-state index contributed by atoms with van der Waals surface area (Å²) in [7, 11) is 1.92. The van der Waals surface area contributed by atoms with E-state index >= 15 is 0 Å². The monoisotopic (exact) mass is 314 g/mol. The van der Waals surface area contributed by atoms with Gasteiger partial charge in [-0.2, -0.15) is 0 Å². The first kappa shape index (κ1) is 15.0. The summed E-state index contributed by atoms with van der Waals surface area (Å²) in [4.78, 5) is 16.7. The summed E-state index contributed by atoms with van der Waals surface area (Å²) < 4.78 is 5.50. The summed E-state index contributed by atoms with van der Waals surface area (Å²) in [6.45, 7) is 6.11. The predicted octanol–water partition coefficient (Wildman–Crippen LogP) is 2.85. The molecule has 3 aliphatic rings. The molecule has 0 radical (unpaired) electrons. The fraction of sp³-hybridized carbons (Fsp3) is 0.632. The van der Waals surface area contributed by atoms with E-state index in [0.29, 0.717) is 5.41 Å². The highest BCUT2D eigenvalue weighted by molar-refractivity contribution is 5.96. The average molecular weight is 314 g/mol. The molecule has 124 valence electrons. The van der Waals surface area contributed by atoms with Crippen LogP contribution in [0.25, 0.3) is 0 Å². The molecule has 4 rings (SSSR count). The fourth-order valence-electron chi connectivity index (χ4n) is 4.28. The molecule has 0 N–H and O–H groups in total. The van der Waals surface area contributed by atoms with Crippen molar-refractivity contribution in [3.63, 3.8) is 0 Å². The van der Waals surface area contributed by atoms with Gasteiger partial charge < -0.3 is 14.5 Å². The second kappa shape index (κ2) is 5.52. The molecule has 1 unspecified atom stereocenters. The minimum Gasteiger partial charge on any atom is -0.381 e. The minimum atomic E-state index is 0.116. The van der Waals surface area contributed by atoms with Crippen LogP contribution in [0.4, 0.5) is 11.4 Å². The van der Waals surface area contributed by atoms with Gasteiger partial charge in [0.1, 0.15) is 0 Å². The molecule has 1 atom stereocenters. The van der Waals surface area contributed by atoms with Crippen LogP contribution in [0.15, 0.2) is 18.2 Å². The number of aryl methyl sites for hydroxylation is 1. The first-order valence-electron chi connectivity index (χ1n) is 8.81. The first-order chi connectivity index (χ1) is 11.1.